The molecule has 0 unspecified atom stereocenters. The second kappa shape index (κ2) is 10.9. The van der Waals surface area contributed by atoms with Gasteiger partial charge in [0.25, 0.3) is 0 Å². The Kier molecular flexibility index (Phi) is 8.25. The zero-order valence-electron chi connectivity index (χ0n) is 16.1. The normalized spacial score (nSPS) is 10.8. The minimum atomic E-state index is 0.319. The Hall–Kier alpha value is -1.72. The highest BCUT2D eigenvalue weighted by molar-refractivity contribution is 9.10. The van der Waals surface area contributed by atoms with Crippen molar-refractivity contribution in [3.63, 3.8) is 0 Å². The number of hydrogen-bond donors (Lipinski definition) is 1. The summed E-state index contributed by atoms with van der Waals surface area (Å²) >= 11 is 15.8. The topological polar surface area (TPSA) is 30.5 Å². The molecule has 0 atom stereocenters. The predicted molar refractivity (Wildman–Crippen MR) is 123 cm³/mol. The summed E-state index contributed by atoms with van der Waals surface area (Å²) < 4.78 is 12.4. The lowest BCUT2D eigenvalue weighted by Gasteiger charge is -2.15. The Bertz CT molecular complexity index is 951. The van der Waals surface area contributed by atoms with Crippen molar-refractivity contribution in [1.82, 2.24) is 5.32 Å². The van der Waals surface area contributed by atoms with Crippen molar-refractivity contribution in [2.75, 3.05) is 13.7 Å². The third-order valence-electron chi connectivity index (χ3n) is 4.44. The molecular weight excluding hydrogens is 473 g/mol. The first kappa shape index (κ1) is 22.0. The highest BCUT2D eigenvalue weighted by Crippen LogP contribution is 2.37. The zero-order valence-corrected chi connectivity index (χ0v) is 19.2. The van der Waals surface area contributed by atoms with Crippen molar-refractivity contribution in [1.29, 1.82) is 0 Å². The van der Waals surface area contributed by atoms with E-state index in [1.807, 2.05) is 24.3 Å². The fourth-order valence-electron chi connectivity index (χ4n) is 2.91. The summed E-state index contributed by atoms with van der Waals surface area (Å²) in [5.74, 6) is 1.32. The molecule has 0 amide bonds. The van der Waals surface area contributed by atoms with E-state index in [2.05, 4.69) is 45.5 Å². The van der Waals surface area contributed by atoms with E-state index in [0.717, 1.165) is 35.1 Å². The van der Waals surface area contributed by atoms with Crippen molar-refractivity contribution < 1.29 is 9.47 Å². The molecule has 29 heavy (non-hydrogen) atoms. The first-order valence-corrected chi connectivity index (χ1v) is 10.8. The Labute approximate surface area is 190 Å². The summed E-state index contributed by atoms with van der Waals surface area (Å²) in [4.78, 5) is 0. The molecule has 0 spiro atoms. The Morgan fingerprint density at radius 1 is 0.966 bits per heavy atom. The van der Waals surface area contributed by atoms with Crippen LogP contribution < -0.4 is 14.8 Å². The van der Waals surface area contributed by atoms with Crippen LogP contribution in [0, 0.1) is 0 Å². The predicted octanol–water partition coefficient (Wildman–Crippen LogP) is 6.68. The van der Waals surface area contributed by atoms with Gasteiger partial charge in [-0.15, -0.1) is 0 Å². The van der Waals surface area contributed by atoms with Crippen LogP contribution in [0.5, 0.6) is 11.5 Å². The van der Waals surface area contributed by atoms with Gasteiger partial charge >= 0.3 is 0 Å². The van der Waals surface area contributed by atoms with E-state index in [4.69, 9.17) is 32.7 Å². The number of rotatable bonds is 9. The van der Waals surface area contributed by atoms with Crippen LogP contribution in [-0.4, -0.2) is 13.7 Å². The first-order chi connectivity index (χ1) is 14.1. The van der Waals surface area contributed by atoms with E-state index in [1.165, 1.54) is 5.56 Å². The molecule has 1 N–H and O–H groups in total. The molecule has 0 bridgehead atoms. The second-order valence-electron chi connectivity index (χ2n) is 6.55. The van der Waals surface area contributed by atoms with Crippen molar-refractivity contribution in [2.24, 2.45) is 0 Å². The molecule has 0 aromatic heterocycles. The second-order valence-corrected chi connectivity index (χ2v) is 8.24. The van der Waals surface area contributed by atoms with Crippen molar-refractivity contribution in [3.05, 3.63) is 91.9 Å². The molecule has 3 aromatic carbocycles. The van der Waals surface area contributed by atoms with Crippen molar-refractivity contribution in [3.8, 4) is 11.5 Å². The van der Waals surface area contributed by atoms with Gasteiger partial charge in [-0.05, 0) is 64.3 Å². The Morgan fingerprint density at radius 2 is 1.76 bits per heavy atom. The van der Waals surface area contributed by atoms with Gasteiger partial charge in [0.2, 0.25) is 0 Å². The maximum Gasteiger partial charge on any atom is 0.175 e. The third kappa shape index (κ3) is 6.38. The van der Waals surface area contributed by atoms with Gasteiger partial charge in [-0.2, -0.15) is 0 Å². The fourth-order valence-corrected chi connectivity index (χ4v) is 3.98. The molecule has 0 radical (unpaired) electrons. The van der Waals surface area contributed by atoms with E-state index >= 15 is 0 Å². The molecule has 0 aliphatic carbocycles. The summed E-state index contributed by atoms with van der Waals surface area (Å²) in [6, 6.07) is 19.8. The van der Waals surface area contributed by atoms with Gasteiger partial charge in [-0.1, -0.05) is 59.6 Å². The Balaban J connectivity index is 1.61. The number of ether oxygens (including phenoxy) is 2. The molecule has 0 heterocycles. The van der Waals surface area contributed by atoms with E-state index in [1.54, 1.807) is 19.2 Å². The molecule has 152 valence electrons. The van der Waals surface area contributed by atoms with Crippen LogP contribution in [0.2, 0.25) is 10.0 Å². The molecule has 3 aromatic rings. The van der Waals surface area contributed by atoms with E-state index in [-0.39, 0.29) is 0 Å². The lowest BCUT2D eigenvalue weighted by atomic mass is 10.1. The maximum absolute atomic E-state index is 6.23. The van der Waals surface area contributed by atoms with Crippen molar-refractivity contribution in [2.45, 2.75) is 19.6 Å². The minimum absolute atomic E-state index is 0.319. The van der Waals surface area contributed by atoms with E-state index in [9.17, 15) is 0 Å². The zero-order chi connectivity index (χ0) is 20.6. The molecule has 3 rings (SSSR count). The number of benzene rings is 3. The van der Waals surface area contributed by atoms with E-state index < -0.39 is 0 Å². The SMILES string of the molecule is COc1cc(CNCCc2ccccc2)cc(Br)c1OCc1ccc(Cl)cc1Cl. The van der Waals surface area contributed by atoms with Crippen LogP contribution in [0.4, 0.5) is 0 Å². The van der Waals surface area contributed by atoms with Crippen LogP contribution >= 0.6 is 39.1 Å². The first-order valence-electron chi connectivity index (χ1n) is 9.24. The molecule has 0 aliphatic rings. The molecule has 3 nitrogen and oxygen atoms in total. The molecule has 0 aliphatic heterocycles. The highest BCUT2D eigenvalue weighted by atomic mass is 79.9. The van der Waals surface area contributed by atoms with Crippen LogP contribution in [0.3, 0.4) is 0 Å². The number of nitrogens with one attached hydrogen (secondary N) is 1. The van der Waals surface area contributed by atoms with Crippen LogP contribution in [0.1, 0.15) is 16.7 Å². The fraction of sp³-hybridized carbons (Fsp3) is 0.217. The smallest absolute Gasteiger partial charge is 0.175 e. The van der Waals surface area contributed by atoms with Gasteiger partial charge in [0, 0.05) is 22.2 Å². The summed E-state index contributed by atoms with van der Waals surface area (Å²) in [6.07, 6.45) is 0.988. The number of halogens is 3. The van der Waals surface area contributed by atoms with E-state index in [0.29, 0.717) is 28.2 Å². The largest absolute Gasteiger partial charge is 0.493 e. The molecule has 0 saturated carbocycles. The number of hydrogen-bond acceptors (Lipinski definition) is 3. The minimum Gasteiger partial charge on any atom is -0.493 e. The van der Waals surface area contributed by atoms with Gasteiger partial charge in [-0.25, -0.2) is 0 Å². The van der Waals surface area contributed by atoms with Crippen LogP contribution in [-0.2, 0) is 19.6 Å². The molecule has 0 saturated heterocycles. The Morgan fingerprint density at radius 3 is 2.48 bits per heavy atom. The lowest BCUT2D eigenvalue weighted by Crippen LogP contribution is -2.16. The van der Waals surface area contributed by atoms with Gasteiger partial charge in [0.1, 0.15) is 6.61 Å². The van der Waals surface area contributed by atoms with Crippen molar-refractivity contribution >= 4 is 39.1 Å². The maximum atomic E-state index is 6.23. The molecular formula is C23H22BrCl2NO2. The van der Waals surface area contributed by atoms with Gasteiger partial charge in [0.15, 0.2) is 11.5 Å². The average molecular weight is 495 g/mol. The quantitative estimate of drug-likeness (QED) is 0.336. The van der Waals surface area contributed by atoms with Gasteiger partial charge in [0.05, 0.1) is 11.6 Å². The standard InChI is InChI=1S/C23H22BrCl2NO2/c1-28-22-12-17(14-27-10-9-16-5-3-2-4-6-16)11-20(24)23(22)29-15-18-7-8-19(25)13-21(18)26/h2-8,11-13,27H,9-10,14-15H2,1H3. The molecule has 0 fully saturated rings. The lowest BCUT2D eigenvalue weighted by molar-refractivity contribution is 0.282. The monoisotopic (exact) mass is 493 g/mol. The van der Waals surface area contributed by atoms with Gasteiger partial charge < -0.3 is 14.8 Å². The summed E-state index contributed by atoms with van der Waals surface area (Å²) in [5, 5.41) is 4.65. The average Bonchev–Trinajstić information content (AvgIpc) is 2.72. The summed E-state index contributed by atoms with van der Waals surface area (Å²) in [6.45, 7) is 1.96. The summed E-state index contributed by atoms with van der Waals surface area (Å²) in [7, 11) is 1.64. The highest BCUT2D eigenvalue weighted by Gasteiger charge is 2.13. The van der Waals surface area contributed by atoms with Crippen LogP contribution in [0.15, 0.2) is 65.1 Å². The molecule has 6 heteroatoms. The third-order valence-corrected chi connectivity index (χ3v) is 5.61. The number of methoxy groups -OCH3 is 1. The van der Waals surface area contributed by atoms with Gasteiger partial charge in [-0.3, -0.25) is 0 Å². The summed E-state index contributed by atoms with van der Waals surface area (Å²) in [5.41, 5.74) is 3.29. The van der Waals surface area contributed by atoms with Crippen LogP contribution in [0.25, 0.3) is 0 Å².